The second-order valence-electron chi connectivity index (χ2n) is 6.25. The number of tetrazole rings is 1. The predicted octanol–water partition coefficient (Wildman–Crippen LogP) is 0.453. The van der Waals surface area contributed by atoms with Gasteiger partial charge in [0.2, 0.25) is 5.91 Å². The van der Waals surface area contributed by atoms with Crippen LogP contribution in [-0.2, 0) is 4.79 Å². The zero-order chi connectivity index (χ0) is 16.6. The molecule has 0 spiro atoms. The van der Waals surface area contributed by atoms with Gasteiger partial charge in [-0.2, -0.15) is 0 Å². The van der Waals surface area contributed by atoms with Crippen molar-refractivity contribution in [1.29, 1.82) is 0 Å². The number of carbonyl (C=O) groups is 2. The van der Waals surface area contributed by atoms with Gasteiger partial charge in [-0.25, -0.2) is 4.52 Å². The van der Waals surface area contributed by atoms with Gasteiger partial charge in [0.25, 0.3) is 5.91 Å². The Labute approximate surface area is 134 Å². The van der Waals surface area contributed by atoms with Crippen LogP contribution in [0.3, 0.4) is 0 Å². The summed E-state index contributed by atoms with van der Waals surface area (Å²) in [6, 6.07) is 2.85. The summed E-state index contributed by atoms with van der Waals surface area (Å²) in [6.45, 7) is 7.78. The summed E-state index contributed by atoms with van der Waals surface area (Å²) in [5, 5.41) is 11.2. The number of fused-ring (bicyclic) bond motifs is 1. The van der Waals surface area contributed by atoms with Crippen molar-refractivity contribution in [2.75, 3.05) is 19.6 Å². The number of amides is 2. The van der Waals surface area contributed by atoms with Crippen LogP contribution in [0.1, 0.15) is 31.1 Å². The minimum absolute atomic E-state index is 0.00326. The van der Waals surface area contributed by atoms with Gasteiger partial charge in [0.05, 0.1) is 0 Å². The molecule has 1 unspecified atom stereocenters. The second-order valence-corrected chi connectivity index (χ2v) is 6.25. The van der Waals surface area contributed by atoms with Crippen LogP contribution in [-0.4, -0.2) is 67.3 Å². The van der Waals surface area contributed by atoms with Gasteiger partial charge in [-0.1, -0.05) is 13.8 Å². The maximum Gasteiger partial charge on any atom is 0.254 e. The number of rotatable bonds is 3. The van der Waals surface area contributed by atoms with E-state index in [2.05, 4.69) is 29.4 Å². The lowest BCUT2D eigenvalue weighted by Crippen LogP contribution is -2.58. The molecule has 0 aromatic carbocycles. The summed E-state index contributed by atoms with van der Waals surface area (Å²) in [6.07, 6.45) is 1.64. The largest absolute Gasteiger partial charge is 0.339 e. The molecule has 1 fully saturated rings. The van der Waals surface area contributed by atoms with Crippen molar-refractivity contribution in [3.8, 4) is 0 Å². The Balaban J connectivity index is 1.78. The summed E-state index contributed by atoms with van der Waals surface area (Å²) in [5.74, 6) is 0.250. The van der Waals surface area contributed by atoms with Crippen LogP contribution >= 0.6 is 0 Å². The van der Waals surface area contributed by atoms with E-state index in [-0.39, 0.29) is 11.8 Å². The third-order valence-electron chi connectivity index (χ3n) is 4.04. The summed E-state index contributed by atoms with van der Waals surface area (Å²) in [5.41, 5.74) is 0.998. The van der Waals surface area contributed by atoms with Crippen molar-refractivity contribution in [3.63, 3.8) is 0 Å². The minimum Gasteiger partial charge on any atom is -0.339 e. The molecule has 0 bridgehead atoms. The molecule has 0 N–H and O–H groups in total. The lowest BCUT2D eigenvalue weighted by molar-refractivity contribution is -0.140. The molecular weight excluding hydrogens is 296 g/mol. The Kier molecular flexibility index (Phi) is 3.97. The maximum absolute atomic E-state index is 12.7. The highest BCUT2D eigenvalue weighted by Gasteiger charge is 2.34. The molecular formula is C15H20N6O2. The number of carbonyl (C=O) groups excluding carboxylic acids is 2. The van der Waals surface area contributed by atoms with Gasteiger partial charge in [0.1, 0.15) is 6.04 Å². The standard InChI is InChI=1S/C15H20N6O2/c1-10(2)9-19-6-7-20(11(3)14(19)22)15(23)12-4-5-21-13(8-12)16-17-18-21/h4-5,8,10-11H,6-7,9H2,1-3H3. The molecule has 122 valence electrons. The first-order valence-electron chi connectivity index (χ1n) is 7.75. The lowest BCUT2D eigenvalue weighted by atomic mass is 10.1. The average molecular weight is 316 g/mol. The van der Waals surface area contributed by atoms with Crippen molar-refractivity contribution in [2.24, 2.45) is 5.92 Å². The molecule has 23 heavy (non-hydrogen) atoms. The zero-order valence-corrected chi connectivity index (χ0v) is 13.5. The molecule has 1 aliphatic rings. The molecule has 3 rings (SSSR count). The SMILES string of the molecule is CC(C)CN1CCN(C(=O)c2ccn3nnnc3c2)C(C)C1=O. The first-order chi connectivity index (χ1) is 11.0. The fraction of sp³-hybridized carbons (Fsp3) is 0.533. The summed E-state index contributed by atoms with van der Waals surface area (Å²) in [7, 11) is 0. The van der Waals surface area contributed by atoms with E-state index in [9.17, 15) is 9.59 Å². The molecule has 1 aliphatic heterocycles. The fourth-order valence-electron chi connectivity index (χ4n) is 2.87. The van der Waals surface area contributed by atoms with Crippen LogP contribution in [0.5, 0.6) is 0 Å². The molecule has 8 nitrogen and oxygen atoms in total. The van der Waals surface area contributed by atoms with Gasteiger partial charge in [0.15, 0.2) is 5.65 Å². The molecule has 0 radical (unpaired) electrons. The molecule has 0 saturated carbocycles. The van der Waals surface area contributed by atoms with E-state index in [1.54, 1.807) is 30.2 Å². The zero-order valence-electron chi connectivity index (χ0n) is 13.5. The third kappa shape index (κ3) is 2.88. The van der Waals surface area contributed by atoms with Gasteiger partial charge < -0.3 is 9.80 Å². The van der Waals surface area contributed by atoms with Crippen molar-refractivity contribution in [3.05, 3.63) is 23.9 Å². The van der Waals surface area contributed by atoms with Crippen LogP contribution in [0.2, 0.25) is 0 Å². The van der Waals surface area contributed by atoms with Crippen molar-refractivity contribution < 1.29 is 9.59 Å². The van der Waals surface area contributed by atoms with Gasteiger partial charge in [-0.3, -0.25) is 9.59 Å². The topological polar surface area (TPSA) is 83.7 Å². The van der Waals surface area contributed by atoms with Gasteiger partial charge in [0, 0.05) is 31.4 Å². The van der Waals surface area contributed by atoms with E-state index in [4.69, 9.17) is 0 Å². The summed E-state index contributed by atoms with van der Waals surface area (Å²) < 4.78 is 1.49. The molecule has 8 heteroatoms. The van der Waals surface area contributed by atoms with Crippen LogP contribution in [0, 0.1) is 5.92 Å². The molecule has 0 aliphatic carbocycles. The Morgan fingerprint density at radius 2 is 2.17 bits per heavy atom. The predicted molar refractivity (Wildman–Crippen MR) is 82.7 cm³/mol. The Morgan fingerprint density at radius 1 is 1.39 bits per heavy atom. The average Bonchev–Trinajstić information content (AvgIpc) is 2.98. The molecule has 2 amide bonds. The molecule has 1 saturated heterocycles. The third-order valence-corrected chi connectivity index (χ3v) is 4.04. The lowest BCUT2D eigenvalue weighted by Gasteiger charge is -2.39. The van der Waals surface area contributed by atoms with E-state index in [0.717, 1.165) is 6.54 Å². The quantitative estimate of drug-likeness (QED) is 0.821. The number of aromatic nitrogens is 4. The first kappa shape index (κ1) is 15.4. The molecule has 2 aromatic heterocycles. The van der Waals surface area contributed by atoms with Gasteiger partial charge >= 0.3 is 0 Å². The molecule has 1 atom stereocenters. The maximum atomic E-state index is 12.7. The van der Waals surface area contributed by atoms with Crippen LogP contribution < -0.4 is 0 Å². The van der Waals surface area contributed by atoms with E-state index in [1.165, 1.54) is 4.52 Å². The van der Waals surface area contributed by atoms with Crippen LogP contribution in [0.25, 0.3) is 5.65 Å². The summed E-state index contributed by atoms with van der Waals surface area (Å²) >= 11 is 0. The van der Waals surface area contributed by atoms with Crippen LogP contribution in [0.15, 0.2) is 18.3 Å². The Hall–Kier alpha value is -2.51. The van der Waals surface area contributed by atoms with E-state index in [0.29, 0.717) is 30.2 Å². The number of piperazine rings is 1. The molecule has 3 heterocycles. The fourth-order valence-corrected chi connectivity index (χ4v) is 2.87. The minimum atomic E-state index is -0.456. The molecule has 2 aromatic rings. The number of hydrogen-bond acceptors (Lipinski definition) is 5. The normalized spacial score (nSPS) is 19.0. The monoisotopic (exact) mass is 316 g/mol. The van der Waals surface area contributed by atoms with Gasteiger partial charge in [-0.15, -0.1) is 5.10 Å². The highest BCUT2D eigenvalue weighted by molar-refractivity contribution is 5.98. The van der Waals surface area contributed by atoms with Crippen molar-refractivity contribution in [2.45, 2.75) is 26.8 Å². The second kappa shape index (κ2) is 5.94. The van der Waals surface area contributed by atoms with Crippen molar-refractivity contribution in [1.82, 2.24) is 29.8 Å². The van der Waals surface area contributed by atoms with E-state index in [1.807, 2.05) is 4.90 Å². The number of nitrogens with zero attached hydrogens (tertiary/aromatic N) is 6. The number of pyridine rings is 1. The smallest absolute Gasteiger partial charge is 0.254 e. The first-order valence-corrected chi connectivity index (χ1v) is 7.75. The van der Waals surface area contributed by atoms with E-state index < -0.39 is 6.04 Å². The number of hydrogen-bond donors (Lipinski definition) is 0. The van der Waals surface area contributed by atoms with E-state index >= 15 is 0 Å². The Morgan fingerprint density at radius 3 is 2.91 bits per heavy atom. The van der Waals surface area contributed by atoms with Gasteiger partial charge in [-0.05, 0) is 35.4 Å². The summed E-state index contributed by atoms with van der Waals surface area (Å²) in [4.78, 5) is 28.7. The van der Waals surface area contributed by atoms with Crippen LogP contribution in [0.4, 0.5) is 0 Å². The highest BCUT2D eigenvalue weighted by atomic mass is 16.2. The van der Waals surface area contributed by atoms with Crippen molar-refractivity contribution >= 4 is 17.5 Å². The highest BCUT2D eigenvalue weighted by Crippen LogP contribution is 2.17. The Bertz CT molecular complexity index is 740.